The number of aryl methyl sites for hydroxylation is 1. The summed E-state index contributed by atoms with van der Waals surface area (Å²) in [5.41, 5.74) is 4.97. The van der Waals surface area contributed by atoms with Crippen LogP contribution in [0, 0.1) is 6.92 Å². The van der Waals surface area contributed by atoms with Crippen molar-refractivity contribution < 1.29 is 29.3 Å². The fourth-order valence-corrected chi connectivity index (χ4v) is 3.18. The molecule has 9 heteroatoms. The Bertz CT molecular complexity index is 1210. The van der Waals surface area contributed by atoms with Crippen LogP contribution in [0.5, 0.6) is 11.5 Å². The second-order valence-corrected chi connectivity index (χ2v) is 6.71. The van der Waals surface area contributed by atoms with Gasteiger partial charge in [-0.25, -0.2) is 9.59 Å². The second kappa shape index (κ2) is 8.62. The van der Waals surface area contributed by atoms with Crippen LogP contribution < -0.4 is 20.8 Å². The predicted octanol–water partition coefficient (Wildman–Crippen LogP) is 2.92. The van der Waals surface area contributed by atoms with Crippen molar-refractivity contribution in [1.29, 1.82) is 0 Å². The minimum atomic E-state index is -1.61. The molecule has 0 fully saturated rings. The lowest BCUT2D eigenvalue weighted by molar-refractivity contribution is 0.0695. The Morgan fingerprint density at radius 1 is 1.03 bits per heavy atom. The molecule has 2 aromatic carbocycles. The molecule has 31 heavy (non-hydrogen) atoms. The zero-order valence-electron chi connectivity index (χ0n) is 16.8. The van der Waals surface area contributed by atoms with Crippen LogP contribution in [0.4, 0.5) is 5.82 Å². The number of benzene rings is 2. The van der Waals surface area contributed by atoms with Gasteiger partial charge >= 0.3 is 11.9 Å². The van der Waals surface area contributed by atoms with Gasteiger partial charge in [0.1, 0.15) is 23.6 Å². The fourth-order valence-electron chi connectivity index (χ4n) is 3.18. The van der Waals surface area contributed by atoms with Gasteiger partial charge in [-0.15, -0.1) is 0 Å². The minimum Gasteiger partial charge on any atom is -0.493 e. The Morgan fingerprint density at radius 3 is 2.26 bits per heavy atom. The number of nitrogens with one attached hydrogen (secondary N) is 1. The molecule has 9 nitrogen and oxygen atoms in total. The Kier molecular flexibility index (Phi) is 5.96. The van der Waals surface area contributed by atoms with Gasteiger partial charge in [0.2, 0.25) is 0 Å². The highest BCUT2D eigenvalue weighted by Gasteiger charge is 2.29. The molecule has 0 saturated carbocycles. The zero-order chi connectivity index (χ0) is 22.7. The van der Waals surface area contributed by atoms with E-state index in [4.69, 9.17) is 15.2 Å². The second-order valence-electron chi connectivity index (χ2n) is 6.71. The summed E-state index contributed by atoms with van der Waals surface area (Å²) in [7, 11) is 1.39. The van der Waals surface area contributed by atoms with E-state index < -0.39 is 34.4 Å². The maximum absolute atomic E-state index is 12.3. The standard InChI is InChI=1S/C22H20N2O7/c1-11-6-8-12(9-7-11)10-31-18-13(4-3-5-14(18)30-2)15-16(21(26)27)19(23)24-20(25)17(15)22(28)29/h3-9H,10H2,1-2H3,(H,26,27)(H,28,29)(H3,23,24,25). The Morgan fingerprint density at radius 2 is 1.68 bits per heavy atom. The number of para-hydroxylation sites is 1. The minimum absolute atomic E-state index is 0.0547. The number of pyridine rings is 1. The topological polar surface area (TPSA) is 152 Å². The summed E-state index contributed by atoms with van der Waals surface area (Å²) >= 11 is 0. The van der Waals surface area contributed by atoms with Crippen LogP contribution in [0.25, 0.3) is 11.1 Å². The maximum Gasteiger partial charge on any atom is 0.342 e. The number of hydrogen-bond donors (Lipinski definition) is 4. The third kappa shape index (κ3) is 4.20. The number of carbonyl (C=O) groups is 2. The summed E-state index contributed by atoms with van der Waals surface area (Å²) in [5.74, 6) is -3.26. The number of aromatic amines is 1. The van der Waals surface area contributed by atoms with Crippen molar-refractivity contribution >= 4 is 17.8 Å². The van der Waals surface area contributed by atoms with Crippen LogP contribution in [-0.4, -0.2) is 34.2 Å². The molecule has 0 amide bonds. The summed E-state index contributed by atoms with van der Waals surface area (Å²) in [4.78, 5) is 38.2. The molecule has 0 aliphatic carbocycles. The lowest BCUT2D eigenvalue weighted by Gasteiger charge is -2.18. The highest BCUT2D eigenvalue weighted by atomic mass is 16.5. The third-order valence-corrected chi connectivity index (χ3v) is 4.64. The normalized spacial score (nSPS) is 10.5. The number of H-pyrrole nitrogens is 1. The fraction of sp³-hybridized carbons (Fsp3) is 0.136. The monoisotopic (exact) mass is 424 g/mol. The quantitative estimate of drug-likeness (QED) is 0.452. The number of anilines is 1. The van der Waals surface area contributed by atoms with Crippen molar-refractivity contribution in [2.75, 3.05) is 12.8 Å². The molecular weight excluding hydrogens is 404 g/mol. The SMILES string of the molecule is COc1cccc(-c2c(C(=O)O)c(N)[nH]c(=O)c2C(=O)O)c1OCc1ccc(C)cc1. The van der Waals surface area contributed by atoms with Crippen LogP contribution in [-0.2, 0) is 6.61 Å². The molecule has 0 atom stereocenters. The van der Waals surface area contributed by atoms with Crippen molar-refractivity contribution in [3.8, 4) is 22.6 Å². The van der Waals surface area contributed by atoms with E-state index in [9.17, 15) is 24.6 Å². The molecule has 3 rings (SSSR count). The van der Waals surface area contributed by atoms with Gasteiger partial charge in [0.15, 0.2) is 11.5 Å². The van der Waals surface area contributed by atoms with E-state index in [2.05, 4.69) is 4.98 Å². The molecule has 0 radical (unpaired) electrons. The van der Waals surface area contributed by atoms with Gasteiger partial charge in [0.25, 0.3) is 5.56 Å². The van der Waals surface area contributed by atoms with E-state index in [-0.39, 0.29) is 29.2 Å². The number of carboxylic acids is 2. The zero-order valence-corrected chi connectivity index (χ0v) is 16.8. The van der Waals surface area contributed by atoms with Gasteiger partial charge in [0, 0.05) is 11.1 Å². The van der Waals surface area contributed by atoms with Crippen LogP contribution >= 0.6 is 0 Å². The molecule has 0 bridgehead atoms. The highest BCUT2D eigenvalue weighted by molar-refractivity contribution is 6.08. The Balaban J connectivity index is 2.26. The molecule has 3 aromatic rings. The van der Waals surface area contributed by atoms with Gasteiger partial charge in [0.05, 0.1) is 7.11 Å². The summed E-state index contributed by atoms with van der Waals surface area (Å²) in [6.07, 6.45) is 0. The average Bonchev–Trinajstić information content (AvgIpc) is 2.71. The van der Waals surface area contributed by atoms with Gasteiger partial charge in [-0.2, -0.15) is 0 Å². The summed E-state index contributed by atoms with van der Waals surface area (Å²) in [5, 5.41) is 19.3. The number of rotatable bonds is 7. The molecule has 1 aromatic heterocycles. The molecule has 0 saturated heterocycles. The first kappa shape index (κ1) is 21.4. The van der Waals surface area contributed by atoms with Crippen LogP contribution in [0.1, 0.15) is 31.8 Å². The molecule has 0 aliphatic rings. The molecular formula is C22H20N2O7. The summed E-state index contributed by atoms with van der Waals surface area (Å²) < 4.78 is 11.3. The highest BCUT2D eigenvalue weighted by Crippen LogP contribution is 2.41. The molecule has 5 N–H and O–H groups in total. The maximum atomic E-state index is 12.3. The number of nitrogens with two attached hydrogens (primary N) is 1. The predicted molar refractivity (Wildman–Crippen MR) is 113 cm³/mol. The lowest BCUT2D eigenvalue weighted by Crippen LogP contribution is -2.24. The Labute approximate surface area is 176 Å². The Hall–Kier alpha value is -4.27. The smallest absolute Gasteiger partial charge is 0.342 e. The van der Waals surface area contributed by atoms with Crippen molar-refractivity contribution in [3.05, 3.63) is 75.1 Å². The van der Waals surface area contributed by atoms with Gasteiger partial charge in [-0.1, -0.05) is 42.0 Å². The van der Waals surface area contributed by atoms with E-state index in [1.807, 2.05) is 31.2 Å². The number of aromatic carboxylic acids is 2. The van der Waals surface area contributed by atoms with Crippen LogP contribution in [0.2, 0.25) is 0 Å². The van der Waals surface area contributed by atoms with E-state index in [0.717, 1.165) is 11.1 Å². The van der Waals surface area contributed by atoms with Crippen molar-refractivity contribution in [2.45, 2.75) is 13.5 Å². The van der Waals surface area contributed by atoms with Crippen molar-refractivity contribution in [3.63, 3.8) is 0 Å². The number of ether oxygens (including phenoxy) is 2. The molecule has 160 valence electrons. The van der Waals surface area contributed by atoms with Gasteiger partial charge in [-0.3, -0.25) is 4.79 Å². The largest absolute Gasteiger partial charge is 0.493 e. The lowest BCUT2D eigenvalue weighted by atomic mass is 9.94. The molecule has 0 aliphatic heterocycles. The molecule has 0 unspecified atom stereocenters. The number of methoxy groups -OCH3 is 1. The van der Waals surface area contributed by atoms with E-state index in [0.29, 0.717) is 0 Å². The first-order chi connectivity index (χ1) is 14.7. The van der Waals surface area contributed by atoms with E-state index in [1.54, 1.807) is 6.07 Å². The van der Waals surface area contributed by atoms with E-state index >= 15 is 0 Å². The van der Waals surface area contributed by atoms with Crippen molar-refractivity contribution in [1.82, 2.24) is 4.98 Å². The molecule has 1 heterocycles. The van der Waals surface area contributed by atoms with Gasteiger partial charge < -0.3 is 30.4 Å². The number of aromatic nitrogens is 1. The number of carboxylic acid groups (broad SMARTS) is 2. The first-order valence-electron chi connectivity index (χ1n) is 9.12. The van der Waals surface area contributed by atoms with Crippen LogP contribution in [0.3, 0.4) is 0 Å². The average molecular weight is 424 g/mol. The number of nitrogen functional groups attached to an aromatic ring is 1. The third-order valence-electron chi connectivity index (χ3n) is 4.64. The first-order valence-corrected chi connectivity index (χ1v) is 9.12. The van der Waals surface area contributed by atoms with E-state index in [1.165, 1.54) is 19.2 Å². The number of hydrogen-bond acceptors (Lipinski definition) is 6. The summed E-state index contributed by atoms with van der Waals surface area (Å²) in [6.45, 7) is 2.04. The van der Waals surface area contributed by atoms with Crippen LogP contribution in [0.15, 0.2) is 47.3 Å². The van der Waals surface area contributed by atoms with Gasteiger partial charge in [-0.05, 0) is 18.6 Å². The molecule has 0 spiro atoms. The summed E-state index contributed by atoms with van der Waals surface area (Å²) in [6, 6.07) is 12.1. The van der Waals surface area contributed by atoms with Crippen molar-refractivity contribution in [2.24, 2.45) is 0 Å².